The van der Waals surface area contributed by atoms with Crippen molar-refractivity contribution >= 4 is 23.3 Å². The molecule has 0 saturated carbocycles. The number of hydrogen-bond acceptors (Lipinski definition) is 4. The molecular weight excluding hydrogens is 194 g/mol. The van der Waals surface area contributed by atoms with Crippen LogP contribution < -0.4 is 0 Å². The predicted octanol–water partition coefficient (Wildman–Crippen LogP) is 0.397. The van der Waals surface area contributed by atoms with Crippen LogP contribution in [0.5, 0.6) is 0 Å². The zero-order valence-electron chi connectivity index (χ0n) is 6.56. The van der Waals surface area contributed by atoms with E-state index in [1.54, 1.807) is 5.38 Å². The molecule has 6 heteroatoms. The minimum absolute atomic E-state index is 0.149. The highest BCUT2D eigenvalue weighted by molar-refractivity contribution is 7.09. The third kappa shape index (κ3) is 3.20. The van der Waals surface area contributed by atoms with Crippen molar-refractivity contribution in [1.82, 2.24) is 4.98 Å². The first-order valence-electron chi connectivity index (χ1n) is 3.45. The molecule has 0 aliphatic heterocycles. The first kappa shape index (κ1) is 9.66. The second-order valence-electron chi connectivity index (χ2n) is 2.37. The summed E-state index contributed by atoms with van der Waals surface area (Å²) in [6, 6.07) is 0. The molecule has 0 fully saturated rings. The number of rotatable bonds is 4. The average molecular weight is 201 g/mol. The Morgan fingerprint density at radius 1 is 1.31 bits per heavy atom. The summed E-state index contributed by atoms with van der Waals surface area (Å²) in [5.74, 6) is -1.93. The zero-order valence-corrected chi connectivity index (χ0v) is 7.37. The van der Waals surface area contributed by atoms with E-state index in [1.807, 2.05) is 0 Å². The van der Waals surface area contributed by atoms with E-state index in [4.69, 9.17) is 10.2 Å². The van der Waals surface area contributed by atoms with Crippen LogP contribution >= 0.6 is 11.3 Å². The summed E-state index contributed by atoms with van der Waals surface area (Å²) < 4.78 is 0. The number of carboxylic acid groups (broad SMARTS) is 2. The molecule has 0 aromatic carbocycles. The molecule has 0 unspecified atom stereocenters. The Morgan fingerprint density at radius 3 is 2.46 bits per heavy atom. The van der Waals surface area contributed by atoms with Gasteiger partial charge in [0.1, 0.15) is 5.01 Å². The quantitative estimate of drug-likeness (QED) is 0.736. The van der Waals surface area contributed by atoms with E-state index in [0.29, 0.717) is 10.7 Å². The fourth-order valence-corrected chi connectivity index (χ4v) is 1.58. The van der Waals surface area contributed by atoms with Gasteiger partial charge < -0.3 is 10.2 Å². The first-order chi connectivity index (χ1) is 6.08. The molecule has 0 saturated heterocycles. The monoisotopic (exact) mass is 201 g/mol. The largest absolute Gasteiger partial charge is 0.481 e. The second kappa shape index (κ2) is 3.99. The van der Waals surface area contributed by atoms with Gasteiger partial charge in [0.25, 0.3) is 0 Å². The van der Waals surface area contributed by atoms with Crippen LogP contribution in [0.4, 0.5) is 0 Å². The minimum Gasteiger partial charge on any atom is -0.481 e. The van der Waals surface area contributed by atoms with E-state index in [-0.39, 0.29) is 12.8 Å². The molecule has 0 aliphatic rings. The Hall–Kier alpha value is -1.43. The van der Waals surface area contributed by atoms with Gasteiger partial charge >= 0.3 is 11.9 Å². The molecule has 1 rings (SSSR count). The van der Waals surface area contributed by atoms with E-state index in [1.165, 1.54) is 0 Å². The highest BCUT2D eigenvalue weighted by atomic mass is 32.1. The maximum atomic E-state index is 10.3. The molecule has 2 N–H and O–H groups in total. The third-order valence-electron chi connectivity index (χ3n) is 1.23. The van der Waals surface area contributed by atoms with Gasteiger partial charge in [-0.25, -0.2) is 4.98 Å². The van der Waals surface area contributed by atoms with Crippen molar-refractivity contribution in [3.05, 3.63) is 16.1 Å². The van der Waals surface area contributed by atoms with Gasteiger partial charge in [0, 0.05) is 5.38 Å². The summed E-state index contributed by atoms with van der Waals surface area (Å²) in [7, 11) is 0. The number of carbonyl (C=O) groups is 2. The van der Waals surface area contributed by atoms with Gasteiger partial charge in [0.05, 0.1) is 18.5 Å². The zero-order chi connectivity index (χ0) is 9.84. The van der Waals surface area contributed by atoms with Crippen LogP contribution in [0.15, 0.2) is 5.38 Å². The molecule has 0 bridgehead atoms. The number of hydrogen-bond donors (Lipinski definition) is 2. The first-order valence-corrected chi connectivity index (χ1v) is 4.33. The Bertz CT molecular complexity index is 302. The van der Waals surface area contributed by atoms with Crippen LogP contribution in [0.25, 0.3) is 0 Å². The lowest BCUT2D eigenvalue weighted by Crippen LogP contribution is -2.02. The minimum atomic E-state index is -0.966. The van der Waals surface area contributed by atoms with Gasteiger partial charge in [0.15, 0.2) is 0 Å². The van der Waals surface area contributed by atoms with Gasteiger partial charge in [-0.3, -0.25) is 9.59 Å². The molecular formula is C7H7NO4S. The summed E-state index contributed by atoms with van der Waals surface area (Å²) >= 11 is 1.16. The smallest absolute Gasteiger partial charge is 0.310 e. The predicted molar refractivity (Wildman–Crippen MR) is 44.8 cm³/mol. The van der Waals surface area contributed by atoms with Crippen molar-refractivity contribution < 1.29 is 19.8 Å². The second-order valence-corrected chi connectivity index (χ2v) is 3.32. The molecule has 1 aromatic rings. The lowest BCUT2D eigenvalue weighted by molar-refractivity contribution is -0.137. The number of thiazole rings is 1. The van der Waals surface area contributed by atoms with Gasteiger partial charge in [-0.2, -0.15) is 0 Å². The highest BCUT2D eigenvalue weighted by Crippen LogP contribution is 2.10. The normalized spacial score (nSPS) is 9.85. The fourth-order valence-electron chi connectivity index (χ4n) is 0.796. The Labute approximate surface area is 77.7 Å². The Kier molecular flexibility index (Phi) is 2.97. The van der Waals surface area contributed by atoms with Gasteiger partial charge in [0.2, 0.25) is 0 Å². The van der Waals surface area contributed by atoms with E-state index < -0.39 is 11.9 Å². The molecule has 13 heavy (non-hydrogen) atoms. The van der Waals surface area contributed by atoms with Crippen LogP contribution in [0.3, 0.4) is 0 Å². The van der Waals surface area contributed by atoms with Crippen molar-refractivity contribution in [2.75, 3.05) is 0 Å². The van der Waals surface area contributed by atoms with Crippen LogP contribution in [0.2, 0.25) is 0 Å². The summed E-state index contributed by atoms with van der Waals surface area (Å²) in [6.45, 7) is 0. The molecule has 0 radical (unpaired) electrons. The molecule has 5 nitrogen and oxygen atoms in total. The molecule has 0 amide bonds. The van der Waals surface area contributed by atoms with Crippen molar-refractivity contribution in [2.45, 2.75) is 12.8 Å². The van der Waals surface area contributed by atoms with E-state index in [0.717, 1.165) is 11.3 Å². The highest BCUT2D eigenvalue weighted by Gasteiger charge is 2.08. The molecule has 1 heterocycles. The maximum Gasteiger partial charge on any atom is 0.310 e. The van der Waals surface area contributed by atoms with Crippen LogP contribution in [0, 0.1) is 0 Å². The molecule has 1 aromatic heterocycles. The summed E-state index contributed by atoms with van der Waals surface area (Å²) in [6.07, 6.45) is -0.305. The molecule has 0 spiro atoms. The molecule has 0 aliphatic carbocycles. The van der Waals surface area contributed by atoms with Crippen molar-refractivity contribution in [3.8, 4) is 0 Å². The van der Waals surface area contributed by atoms with E-state index in [9.17, 15) is 9.59 Å². The molecule has 70 valence electrons. The van der Waals surface area contributed by atoms with Gasteiger partial charge in [-0.1, -0.05) is 0 Å². The maximum absolute atomic E-state index is 10.3. The van der Waals surface area contributed by atoms with Crippen LogP contribution in [-0.4, -0.2) is 27.1 Å². The topological polar surface area (TPSA) is 87.5 Å². The van der Waals surface area contributed by atoms with Gasteiger partial charge in [-0.15, -0.1) is 11.3 Å². The Balaban J connectivity index is 2.63. The SMILES string of the molecule is O=C(O)Cc1csc(CC(=O)O)n1. The number of aliphatic carboxylic acids is 2. The lowest BCUT2D eigenvalue weighted by atomic mass is 10.3. The van der Waals surface area contributed by atoms with Crippen molar-refractivity contribution in [1.29, 1.82) is 0 Å². The van der Waals surface area contributed by atoms with Gasteiger partial charge in [-0.05, 0) is 0 Å². The lowest BCUT2D eigenvalue weighted by Gasteiger charge is -1.88. The van der Waals surface area contributed by atoms with E-state index >= 15 is 0 Å². The summed E-state index contributed by atoms with van der Waals surface area (Å²) in [5.41, 5.74) is 0.411. The fraction of sp³-hybridized carbons (Fsp3) is 0.286. The third-order valence-corrected chi connectivity index (χ3v) is 2.13. The summed E-state index contributed by atoms with van der Waals surface area (Å²) in [5, 5.41) is 18.8. The van der Waals surface area contributed by atoms with Crippen molar-refractivity contribution in [2.24, 2.45) is 0 Å². The Morgan fingerprint density at radius 2 is 1.92 bits per heavy atom. The molecule has 0 atom stereocenters. The standard InChI is InChI=1S/C7H7NO4S/c9-6(10)1-4-3-13-5(8-4)2-7(11)12/h3H,1-2H2,(H,9,10)(H,11,12). The van der Waals surface area contributed by atoms with Crippen molar-refractivity contribution in [3.63, 3.8) is 0 Å². The van der Waals surface area contributed by atoms with E-state index in [2.05, 4.69) is 4.98 Å². The number of carboxylic acids is 2. The number of aromatic nitrogens is 1. The van der Waals surface area contributed by atoms with Crippen LogP contribution in [-0.2, 0) is 22.4 Å². The number of nitrogens with zero attached hydrogens (tertiary/aromatic N) is 1. The van der Waals surface area contributed by atoms with Crippen LogP contribution in [0.1, 0.15) is 10.7 Å². The summed E-state index contributed by atoms with van der Waals surface area (Å²) in [4.78, 5) is 24.3. The average Bonchev–Trinajstić information content (AvgIpc) is 2.33.